The van der Waals surface area contributed by atoms with E-state index in [0.717, 1.165) is 30.3 Å². The first-order valence-electron chi connectivity index (χ1n) is 5.40. The molecule has 3 heteroatoms. The minimum Gasteiger partial charge on any atom is -0.298 e. The summed E-state index contributed by atoms with van der Waals surface area (Å²) in [4.78, 5) is 23.0. The molecule has 0 fully saturated rings. The van der Waals surface area contributed by atoms with E-state index in [1.807, 2.05) is 36.4 Å². The summed E-state index contributed by atoms with van der Waals surface area (Å²) < 4.78 is 0. The van der Waals surface area contributed by atoms with E-state index < -0.39 is 0 Å². The Hall–Kier alpha value is -1.74. The maximum Gasteiger partial charge on any atom is 0.160 e. The van der Waals surface area contributed by atoms with Gasteiger partial charge in [-0.15, -0.1) is 11.3 Å². The lowest BCUT2D eigenvalue weighted by atomic mass is 10.1. The maximum absolute atomic E-state index is 10.5. The van der Waals surface area contributed by atoms with Crippen LogP contribution in [0, 0.1) is 0 Å². The molecule has 1 aromatic heterocycles. The first-order valence-corrected chi connectivity index (χ1v) is 6.21. The molecule has 0 amide bonds. The van der Waals surface area contributed by atoms with Gasteiger partial charge in [0.05, 0.1) is 4.88 Å². The minimum atomic E-state index is 0.702. The van der Waals surface area contributed by atoms with Gasteiger partial charge in [-0.2, -0.15) is 0 Å². The van der Waals surface area contributed by atoms with E-state index in [4.69, 9.17) is 0 Å². The van der Waals surface area contributed by atoms with Gasteiger partial charge in [-0.05, 0) is 30.5 Å². The first kappa shape index (κ1) is 11.7. The Morgan fingerprint density at radius 2 is 1.65 bits per heavy atom. The molecule has 0 bridgehead atoms. The van der Waals surface area contributed by atoms with Crippen molar-refractivity contribution in [2.24, 2.45) is 0 Å². The molecule has 0 saturated heterocycles. The third-order valence-electron chi connectivity index (χ3n) is 2.57. The Bertz CT molecular complexity index is 511. The number of carbonyl (C=O) groups excluding carboxylic acids is 2. The van der Waals surface area contributed by atoms with Gasteiger partial charge in [0.2, 0.25) is 0 Å². The molecule has 1 heterocycles. The van der Waals surface area contributed by atoms with Crippen LogP contribution in [0.1, 0.15) is 30.5 Å². The topological polar surface area (TPSA) is 34.1 Å². The van der Waals surface area contributed by atoms with Crippen molar-refractivity contribution in [1.29, 1.82) is 0 Å². The van der Waals surface area contributed by atoms with Gasteiger partial charge in [0, 0.05) is 10.4 Å². The van der Waals surface area contributed by atoms with Crippen LogP contribution in [0.2, 0.25) is 0 Å². The van der Waals surface area contributed by atoms with Crippen molar-refractivity contribution in [2.45, 2.75) is 12.8 Å². The third-order valence-corrected chi connectivity index (χ3v) is 3.64. The monoisotopic (exact) mass is 244 g/mol. The lowest BCUT2D eigenvalue weighted by Crippen LogP contribution is -1.89. The number of aldehydes is 2. The molecule has 0 saturated carbocycles. The van der Waals surface area contributed by atoms with Crippen LogP contribution in [0.3, 0.4) is 0 Å². The van der Waals surface area contributed by atoms with E-state index in [9.17, 15) is 9.59 Å². The average molecular weight is 244 g/mol. The van der Waals surface area contributed by atoms with E-state index >= 15 is 0 Å². The SMILES string of the molecule is O=Cc1ccc(CCc2ccc(C=O)s2)cc1. The van der Waals surface area contributed by atoms with Crippen LogP contribution >= 0.6 is 11.3 Å². The van der Waals surface area contributed by atoms with Gasteiger partial charge in [-0.3, -0.25) is 9.59 Å². The van der Waals surface area contributed by atoms with Crippen molar-refractivity contribution in [3.63, 3.8) is 0 Å². The number of benzene rings is 1. The smallest absolute Gasteiger partial charge is 0.160 e. The minimum absolute atomic E-state index is 0.702. The Labute approximate surface area is 104 Å². The largest absolute Gasteiger partial charge is 0.298 e. The van der Waals surface area contributed by atoms with E-state index in [0.29, 0.717) is 5.56 Å². The number of aryl methyl sites for hydroxylation is 2. The quantitative estimate of drug-likeness (QED) is 0.757. The summed E-state index contributed by atoms with van der Waals surface area (Å²) in [6.07, 6.45) is 3.59. The highest BCUT2D eigenvalue weighted by Crippen LogP contribution is 2.17. The lowest BCUT2D eigenvalue weighted by Gasteiger charge is -1.99. The number of hydrogen-bond acceptors (Lipinski definition) is 3. The lowest BCUT2D eigenvalue weighted by molar-refractivity contribution is 0.111. The molecular weight excluding hydrogens is 232 g/mol. The number of hydrogen-bond donors (Lipinski definition) is 0. The summed E-state index contributed by atoms with van der Waals surface area (Å²) in [5, 5.41) is 0. The van der Waals surface area contributed by atoms with E-state index in [1.165, 1.54) is 21.8 Å². The number of carbonyl (C=O) groups is 2. The van der Waals surface area contributed by atoms with E-state index in [2.05, 4.69) is 0 Å². The highest BCUT2D eigenvalue weighted by Gasteiger charge is 2.00. The molecule has 2 rings (SSSR count). The van der Waals surface area contributed by atoms with Crippen molar-refractivity contribution in [2.75, 3.05) is 0 Å². The fourth-order valence-electron chi connectivity index (χ4n) is 1.62. The number of rotatable bonds is 5. The van der Waals surface area contributed by atoms with Crippen LogP contribution in [-0.4, -0.2) is 12.6 Å². The predicted octanol–water partition coefficient (Wildman–Crippen LogP) is 3.16. The summed E-state index contributed by atoms with van der Waals surface area (Å²) in [7, 11) is 0. The summed E-state index contributed by atoms with van der Waals surface area (Å²) in [5.74, 6) is 0. The Balaban J connectivity index is 1.96. The second kappa shape index (κ2) is 5.55. The summed E-state index contributed by atoms with van der Waals surface area (Å²) in [6, 6.07) is 11.4. The van der Waals surface area contributed by atoms with Crippen LogP contribution in [0.5, 0.6) is 0 Å². The first-order chi connectivity index (χ1) is 8.31. The maximum atomic E-state index is 10.5. The molecule has 0 atom stereocenters. The van der Waals surface area contributed by atoms with Crippen LogP contribution in [0.15, 0.2) is 36.4 Å². The normalized spacial score (nSPS) is 10.1. The second-order valence-electron chi connectivity index (χ2n) is 3.78. The van der Waals surface area contributed by atoms with Crippen molar-refractivity contribution in [1.82, 2.24) is 0 Å². The molecule has 0 unspecified atom stereocenters. The van der Waals surface area contributed by atoms with Gasteiger partial charge < -0.3 is 0 Å². The van der Waals surface area contributed by atoms with Crippen molar-refractivity contribution in [3.05, 3.63) is 57.3 Å². The fourth-order valence-corrected chi connectivity index (χ4v) is 2.45. The van der Waals surface area contributed by atoms with E-state index in [-0.39, 0.29) is 0 Å². The Morgan fingerprint density at radius 3 is 2.24 bits per heavy atom. The highest BCUT2D eigenvalue weighted by atomic mass is 32.1. The van der Waals surface area contributed by atoms with Gasteiger partial charge in [-0.1, -0.05) is 24.3 Å². The van der Waals surface area contributed by atoms with Crippen LogP contribution in [0.25, 0.3) is 0 Å². The Morgan fingerprint density at radius 1 is 0.882 bits per heavy atom. The zero-order valence-corrected chi connectivity index (χ0v) is 10.1. The van der Waals surface area contributed by atoms with Crippen molar-refractivity contribution >= 4 is 23.9 Å². The van der Waals surface area contributed by atoms with Crippen LogP contribution in [0.4, 0.5) is 0 Å². The molecule has 86 valence electrons. The molecule has 0 aliphatic rings. The summed E-state index contributed by atoms with van der Waals surface area (Å²) in [6.45, 7) is 0. The van der Waals surface area contributed by atoms with Gasteiger partial charge in [0.15, 0.2) is 6.29 Å². The van der Waals surface area contributed by atoms with Gasteiger partial charge >= 0.3 is 0 Å². The molecule has 0 N–H and O–H groups in total. The van der Waals surface area contributed by atoms with Crippen molar-refractivity contribution < 1.29 is 9.59 Å². The molecule has 0 spiro atoms. The van der Waals surface area contributed by atoms with Crippen molar-refractivity contribution in [3.8, 4) is 0 Å². The van der Waals surface area contributed by atoms with Crippen LogP contribution < -0.4 is 0 Å². The fraction of sp³-hybridized carbons (Fsp3) is 0.143. The van der Waals surface area contributed by atoms with Gasteiger partial charge in [0.1, 0.15) is 6.29 Å². The third kappa shape index (κ3) is 3.11. The predicted molar refractivity (Wildman–Crippen MR) is 68.9 cm³/mol. The number of thiophene rings is 1. The molecule has 2 aromatic rings. The Kier molecular flexibility index (Phi) is 3.83. The molecular formula is C14H12O2S. The molecule has 2 nitrogen and oxygen atoms in total. The molecule has 0 aliphatic heterocycles. The zero-order valence-electron chi connectivity index (χ0n) is 9.26. The summed E-state index contributed by atoms with van der Waals surface area (Å²) >= 11 is 1.54. The van der Waals surface area contributed by atoms with Crippen LogP contribution in [-0.2, 0) is 12.8 Å². The molecule has 0 aliphatic carbocycles. The standard InChI is InChI=1S/C14H12O2S/c15-9-12-3-1-11(2-4-12)5-6-13-7-8-14(10-16)17-13/h1-4,7-10H,5-6H2. The van der Waals surface area contributed by atoms with Gasteiger partial charge in [0.25, 0.3) is 0 Å². The summed E-state index contributed by atoms with van der Waals surface area (Å²) in [5.41, 5.74) is 1.91. The second-order valence-corrected chi connectivity index (χ2v) is 4.98. The highest BCUT2D eigenvalue weighted by molar-refractivity contribution is 7.13. The zero-order chi connectivity index (χ0) is 12.1. The molecule has 0 radical (unpaired) electrons. The molecule has 1 aromatic carbocycles. The molecule has 17 heavy (non-hydrogen) atoms. The van der Waals surface area contributed by atoms with Gasteiger partial charge in [-0.25, -0.2) is 0 Å². The van der Waals surface area contributed by atoms with E-state index in [1.54, 1.807) is 0 Å². The average Bonchev–Trinajstić information content (AvgIpc) is 2.85.